The van der Waals surface area contributed by atoms with Crippen molar-refractivity contribution in [2.24, 2.45) is 5.92 Å². The lowest BCUT2D eigenvalue weighted by Crippen LogP contribution is -2.23. The van der Waals surface area contributed by atoms with Gasteiger partial charge in [0.05, 0.1) is 5.69 Å². The van der Waals surface area contributed by atoms with Gasteiger partial charge in [0.1, 0.15) is 10.7 Å². The first-order valence-electron chi connectivity index (χ1n) is 7.04. The lowest BCUT2D eigenvalue weighted by atomic mass is 10.2. The predicted octanol–water partition coefficient (Wildman–Crippen LogP) is 2.55. The van der Waals surface area contributed by atoms with E-state index in [1.165, 1.54) is 5.69 Å². The van der Waals surface area contributed by atoms with Crippen LogP contribution in [0.1, 0.15) is 26.5 Å². The zero-order valence-electron chi connectivity index (χ0n) is 12.3. The van der Waals surface area contributed by atoms with Crippen molar-refractivity contribution >= 4 is 17.4 Å². The van der Waals surface area contributed by atoms with E-state index in [4.69, 9.17) is 10.1 Å². The molecule has 110 valence electrons. The number of aliphatic hydroxyl groups is 1. The Morgan fingerprint density at radius 2 is 2.15 bits per heavy atom. The molecule has 0 saturated heterocycles. The summed E-state index contributed by atoms with van der Waals surface area (Å²) in [5.74, 6) is 1.17. The van der Waals surface area contributed by atoms with Crippen molar-refractivity contribution < 1.29 is 5.11 Å². The van der Waals surface area contributed by atoms with Crippen molar-refractivity contribution in [3.05, 3.63) is 30.1 Å². The van der Waals surface area contributed by atoms with Gasteiger partial charge >= 0.3 is 0 Å². The summed E-state index contributed by atoms with van der Waals surface area (Å²) >= 11 is 1.73. The van der Waals surface area contributed by atoms with E-state index in [0.29, 0.717) is 6.04 Å². The molecule has 0 fully saturated rings. The number of hydrogen-bond donors (Lipinski definition) is 2. The maximum absolute atomic E-state index is 9.15. The van der Waals surface area contributed by atoms with Crippen LogP contribution in [0.2, 0.25) is 0 Å². The summed E-state index contributed by atoms with van der Waals surface area (Å²) < 4.78 is 2.14. The maximum Gasteiger partial charge on any atom is 0.138 e. The zero-order valence-corrected chi connectivity index (χ0v) is 13.2. The fourth-order valence-electron chi connectivity index (χ4n) is 1.88. The number of rotatable bonds is 7. The van der Waals surface area contributed by atoms with Gasteiger partial charge in [0.25, 0.3) is 0 Å². The van der Waals surface area contributed by atoms with Crippen LogP contribution in [0.25, 0.3) is 5.65 Å². The van der Waals surface area contributed by atoms with Gasteiger partial charge < -0.3 is 14.8 Å². The van der Waals surface area contributed by atoms with E-state index in [2.05, 4.69) is 36.7 Å². The molecule has 0 spiro atoms. The zero-order chi connectivity index (χ0) is 14.5. The molecule has 20 heavy (non-hydrogen) atoms. The Morgan fingerprint density at radius 3 is 2.85 bits per heavy atom. The summed E-state index contributed by atoms with van der Waals surface area (Å²) in [4.78, 5) is 4.70. The van der Waals surface area contributed by atoms with Crippen LogP contribution in [0.3, 0.4) is 0 Å². The highest BCUT2D eigenvalue weighted by Crippen LogP contribution is 2.25. The van der Waals surface area contributed by atoms with Crippen molar-refractivity contribution in [3.8, 4) is 0 Å². The van der Waals surface area contributed by atoms with E-state index < -0.39 is 0 Å². The monoisotopic (exact) mass is 293 g/mol. The van der Waals surface area contributed by atoms with Crippen LogP contribution in [-0.4, -0.2) is 32.9 Å². The van der Waals surface area contributed by atoms with Gasteiger partial charge in [-0.1, -0.05) is 26.8 Å². The number of nitrogens with zero attached hydrogens (tertiary/aromatic N) is 2. The minimum absolute atomic E-state index is 0.222. The third-order valence-electron chi connectivity index (χ3n) is 3.09. The summed E-state index contributed by atoms with van der Waals surface area (Å²) in [6, 6.07) is 6.50. The summed E-state index contributed by atoms with van der Waals surface area (Å²) in [6.07, 6.45) is 2.05. The largest absolute Gasteiger partial charge is 0.396 e. The van der Waals surface area contributed by atoms with E-state index in [-0.39, 0.29) is 12.5 Å². The van der Waals surface area contributed by atoms with E-state index in [9.17, 15) is 0 Å². The predicted molar refractivity (Wildman–Crippen MR) is 84.1 cm³/mol. The summed E-state index contributed by atoms with van der Waals surface area (Å²) in [7, 11) is 0. The van der Waals surface area contributed by atoms with Crippen LogP contribution >= 0.6 is 11.8 Å². The Bertz CT molecular complexity index is 553. The third-order valence-corrected chi connectivity index (χ3v) is 4.42. The van der Waals surface area contributed by atoms with Gasteiger partial charge in [-0.05, 0) is 18.1 Å². The van der Waals surface area contributed by atoms with Crippen LogP contribution in [-0.2, 0) is 6.54 Å². The molecule has 2 aromatic heterocycles. The topological polar surface area (TPSA) is 49.6 Å². The molecular weight excluding hydrogens is 270 g/mol. The Morgan fingerprint density at radius 1 is 1.35 bits per heavy atom. The molecule has 0 amide bonds. The van der Waals surface area contributed by atoms with Crippen molar-refractivity contribution in [3.63, 3.8) is 0 Å². The number of imidazole rings is 1. The minimum Gasteiger partial charge on any atom is -0.396 e. The molecule has 0 aliphatic rings. The third kappa shape index (κ3) is 3.75. The number of aromatic nitrogens is 2. The second-order valence-corrected chi connectivity index (χ2v) is 6.44. The fourth-order valence-corrected chi connectivity index (χ4v) is 2.92. The van der Waals surface area contributed by atoms with Crippen LogP contribution in [0.5, 0.6) is 0 Å². The fraction of sp³-hybridized carbons (Fsp3) is 0.533. The van der Waals surface area contributed by atoms with Crippen LogP contribution < -0.4 is 5.32 Å². The standard InChI is InChI=1S/C15H23N3OS/c1-11(2)16-8-13-15(20-10-12(3)9-19)17-14-6-4-5-7-18(13)14/h4-7,11-12,16,19H,8-10H2,1-3H3. The van der Waals surface area contributed by atoms with Gasteiger partial charge in [0.2, 0.25) is 0 Å². The van der Waals surface area contributed by atoms with E-state index in [0.717, 1.165) is 23.0 Å². The molecule has 0 aliphatic heterocycles. The molecule has 0 radical (unpaired) electrons. The van der Waals surface area contributed by atoms with Gasteiger partial charge in [0.15, 0.2) is 0 Å². The van der Waals surface area contributed by atoms with E-state index >= 15 is 0 Å². The van der Waals surface area contributed by atoms with Gasteiger partial charge in [-0.25, -0.2) is 4.98 Å². The molecule has 5 heteroatoms. The van der Waals surface area contributed by atoms with Gasteiger partial charge in [-0.15, -0.1) is 11.8 Å². The van der Waals surface area contributed by atoms with E-state index in [1.54, 1.807) is 11.8 Å². The molecule has 0 aromatic carbocycles. The number of pyridine rings is 1. The first-order chi connectivity index (χ1) is 9.61. The normalized spacial score (nSPS) is 13.2. The Kier molecular flexibility index (Phi) is 5.46. The summed E-state index contributed by atoms with van der Waals surface area (Å²) in [6.45, 7) is 7.36. The quantitative estimate of drug-likeness (QED) is 0.770. The molecule has 1 unspecified atom stereocenters. The summed E-state index contributed by atoms with van der Waals surface area (Å²) in [5.41, 5.74) is 2.18. The van der Waals surface area contributed by atoms with Crippen molar-refractivity contribution in [1.82, 2.24) is 14.7 Å². The maximum atomic E-state index is 9.15. The first-order valence-corrected chi connectivity index (χ1v) is 8.03. The average molecular weight is 293 g/mol. The lowest BCUT2D eigenvalue weighted by molar-refractivity contribution is 0.250. The molecule has 2 heterocycles. The molecule has 2 rings (SSSR count). The second-order valence-electron chi connectivity index (χ2n) is 5.43. The van der Waals surface area contributed by atoms with Crippen LogP contribution in [0, 0.1) is 5.92 Å². The molecule has 0 bridgehead atoms. The average Bonchev–Trinajstić information content (AvgIpc) is 2.80. The van der Waals surface area contributed by atoms with Gasteiger partial charge in [-0.2, -0.15) is 0 Å². The van der Waals surface area contributed by atoms with E-state index in [1.807, 2.05) is 18.2 Å². The molecule has 0 aliphatic carbocycles. The molecule has 1 atom stereocenters. The first kappa shape index (κ1) is 15.4. The highest BCUT2D eigenvalue weighted by atomic mass is 32.2. The molecular formula is C15H23N3OS. The molecule has 4 nitrogen and oxygen atoms in total. The Balaban J connectivity index is 2.24. The molecule has 2 N–H and O–H groups in total. The SMILES string of the molecule is CC(CO)CSc1nc2ccccn2c1CNC(C)C. The highest BCUT2D eigenvalue weighted by Gasteiger charge is 2.13. The number of thioether (sulfide) groups is 1. The molecule has 2 aromatic rings. The Labute approximate surface area is 124 Å². The van der Waals surface area contributed by atoms with Crippen LogP contribution in [0.4, 0.5) is 0 Å². The van der Waals surface area contributed by atoms with Crippen molar-refractivity contribution in [1.29, 1.82) is 0 Å². The van der Waals surface area contributed by atoms with Gasteiger partial charge in [0, 0.05) is 31.1 Å². The number of hydrogen-bond acceptors (Lipinski definition) is 4. The number of aliphatic hydroxyl groups excluding tert-OH is 1. The lowest BCUT2D eigenvalue weighted by Gasteiger charge is -2.10. The summed E-state index contributed by atoms with van der Waals surface area (Å²) in [5, 5.41) is 13.7. The number of nitrogens with one attached hydrogen (secondary N) is 1. The van der Waals surface area contributed by atoms with Crippen molar-refractivity contribution in [2.45, 2.75) is 38.4 Å². The highest BCUT2D eigenvalue weighted by molar-refractivity contribution is 7.99. The minimum atomic E-state index is 0.222. The van der Waals surface area contributed by atoms with Crippen LogP contribution in [0.15, 0.2) is 29.4 Å². The Hall–Kier alpha value is -1.04. The molecule has 0 saturated carbocycles. The van der Waals surface area contributed by atoms with Gasteiger partial charge in [-0.3, -0.25) is 0 Å². The van der Waals surface area contributed by atoms with Crippen molar-refractivity contribution in [2.75, 3.05) is 12.4 Å². The number of fused-ring (bicyclic) bond motifs is 1. The second kappa shape index (κ2) is 7.11. The smallest absolute Gasteiger partial charge is 0.138 e.